The molecule has 0 aliphatic heterocycles. The third-order valence-electron chi connectivity index (χ3n) is 5.13. The number of fused-ring (bicyclic) bond motifs is 6. The Kier molecular flexibility index (Phi) is 5.16. The number of alkyl halides is 2. The van der Waals surface area contributed by atoms with Gasteiger partial charge in [0.15, 0.2) is 0 Å². The van der Waals surface area contributed by atoms with Crippen LogP contribution in [0.15, 0.2) is 70.5 Å². The molecule has 0 atom stereocenters. The first-order valence-electron chi connectivity index (χ1n) is 9.68. The van der Waals surface area contributed by atoms with Gasteiger partial charge in [0.2, 0.25) is 0 Å². The number of nitrogens with one attached hydrogen (secondary N) is 2. The highest BCUT2D eigenvalue weighted by atomic mass is 35.5. The number of hydrogen-bond donors (Lipinski definition) is 2. The molecule has 0 bridgehead atoms. The van der Waals surface area contributed by atoms with Crippen molar-refractivity contribution in [3.63, 3.8) is 0 Å². The molecule has 6 rings (SSSR count). The van der Waals surface area contributed by atoms with Crippen LogP contribution in [0, 0.1) is 0 Å². The zero-order valence-corrected chi connectivity index (χ0v) is 18.1. The molecule has 0 unspecified atom stereocenters. The van der Waals surface area contributed by atoms with E-state index in [4.69, 9.17) is 23.2 Å². The number of aromatic nitrogens is 6. The summed E-state index contributed by atoms with van der Waals surface area (Å²) in [4.78, 5) is 29.0. The summed E-state index contributed by atoms with van der Waals surface area (Å²) in [7, 11) is 0. The molecule has 10 heteroatoms. The van der Waals surface area contributed by atoms with E-state index in [1.165, 1.54) is 0 Å². The van der Waals surface area contributed by atoms with E-state index < -0.39 is 0 Å². The van der Waals surface area contributed by atoms with Crippen molar-refractivity contribution >= 4 is 56.3 Å². The van der Waals surface area contributed by atoms with Crippen molar-refractivity contribution < 1.29 is 0 Å². The van der Waals surface area contributed by atoms with E-state index in [0.29, 0.717) is 22.8 Å². The predicted molar refractivity (Wildman–Crippen MR) is 126 cm³/mol. The third kappa shape index (κ3) is 3.43. The van der Waals surface area contributed by atoms with Crippen LogP contribution in [0.25, 0.3) is 33.1 Å². The van der Waals surface area contributed by atoms with Gasteiger partial charge in [-0.25, -0.2) is 9.03 Å². The van der Waals surface area contributed by atoms with Crippen LogP contribution >= 0.6 is 23.2 Å². The molecule has 0 aliphatic carbocycles. The molecule has 0 saturated heterocycles. The van der Waals surface area contributed by atoms with Gasteiger partial charge in [-0.3, -0.25) is 9.59 Å². The summed E-state index contributed by atoms with van der Waals surface area (Å²) in [5, 5.41) is 8.25. The maximum Gasteiger partial charge on any atom is 0.274 e. The van der Waals surface area contributed by atoms with E-state index in [0.717, 1.165) is 33.2 Å². The van der Waals surface area contributed by atoms with E-state index in [9.17, 15) is 9.59 Å². The lowest BCUT2D eigenvalue weighted by Crippen LogP contribution is -2.10. The highest BCUT2D eigenvalue weighted by molar-refractivity contribution is 6.17. The van der Waals surface area contributed by atoms with E-state index in [1.807, 2.05) is 36.4 Å². The number of halogens is 2. The van der Waals surface area contributed by atoms with Crippen LogP contribution in [0.5, 0.6) is 0 Å². The van der Waals surface area contributed by atoms with Crippen molar-refractivity contribution in [1.29, 1.82) is 0 Å². The topological polar surface area (TPSA) is 100 Å². The standard InChI is InChI=1S/2C11H8ClN3O/c2*12-6-7-1-2-9-8(5-7)14-11(16)10-3-4-13-15(9)10/h2*1-5H,6H2,(H,14,16). The van der Waals surface area contributed by atoms with E-state index in [1.54, 1.807) is 33.6 Å². The molecule has 2 aromatic carbocycles. The lowest BCUT2D eigenvalue weighted by molar-refractivity contribution is 0.986. The first-order chi connectivity index (χ1) is 15.6. The van der Waals surface area contributed by atoms with Crippen LogP contribution in [0.4, 0.5) is 0 Å². The lowest BCUT2D eigenvalue weighted by Gasteiger charge is -2.02. The average Bonchev–Trinajstić information content (AvgIpc) is 3.50. The Morgan fingerprint density at radius 1 is 0.656 bits per heavy atom. The zero-order valence-electron chi connectivity index (χ0n) is 16.5. The first kappa shape index (κ1) is 20.3. The fourth-order valence-electron chi connectivity index (χ4n) is 3.61. The Hall–Kier alpha value is -3.62. The number of hydrogen-bond acceptors (Lipinski definition) is 4. The Morgan fingerprint density at radius 3 is 1.50 bits per heavy atom. The molecule has 2 N–H and O–H groups in total. The number of aromatic amines is 2. The van der Waals surface area contributed by atoms with Crippen LogP contribution in [0.3, 0.4) is 0 Å². The molecule has 8 nitrogen and oxygen atoms in total. The molecule has 0 radical (unpaired) electrons. The molecule has 0 amide bonds. The Bertz CT molecular complexity index is 1590. The van der Waals surface area contributed by atoms with E-state index in [-0.39, 0.29) is 11.1 Å². The van der Waals surface area contributed by atoms with Gasteiger partial charge in [-0.2, -0.15) is 10.2 Å². The van der Waals surface area contributed by atoms with Crippen molar-refractivity contribution in [1.82, 2.24) is 29.2 Å². The first-order valence-corrected chi connectivity index (χ1v) is 10.7. The van der Waals surface area contributed by atoms with Gasteiger partial charge in [0.05, 0.1) is 34.5 Å². The van der Waals surface area contributed by atoms with Gasteiger partial charge in [0.25, 0.3) is 11.1 Å². The fraction of sp³-hybridized carbons (Fsp3) is 0.0909. The lowest BCUT2D eigenvalue weighted by atomic mass is 10.2. The summed E-state index contributed by atoms with van der Waals surface area (Å²) in [6.45, 7) is 0. The third-order valence-corrected chi connectivity index (χ3v) is 5.75. The fourth-order valence-corrected chi connectivity index (χ4v) is 3.94. The smallest absolute Gasteiger partial charge is 0.274 e. The minimum absolute atomic E-state index is 0.142. The number of benzene rings is 2. The summed E-state index contributed by atoms with van der Waals surface area (Å²) in [6, 6.07) is 14.8. The highest BCUT2D eigenvalue weighted by Crippen LogP contribution is 2.16. The van der Waals surface area contributed by atoms with Gasteiger partial charge >= 0.3 is 0 Å². The van der Waals surface area contributed by atoms with Crippen LogP contribution in [-0.4, -0.2) is 29.2 Å². The summed E-state index contributed by atoms with van der Waals surface area (Å²) in [5.41, 5.74) is 5.99. The zero-order chi connectivity index (χ0) is 22.2. The molecular weight excluding hydrogens is 451 g/mol. The molecule has 0 saturated carbocycles. The van der Waals surface area contributed by atoms with Gasteiger partial charge in [-0.05, 0) is 47.5 Å². The molecule has 0 fully saturated rings. The molecule has 0 spiro atoms. The maximum atomic E-state index is 11.7. The van der Waals surface area contributed by atoms with Gasteiger partial charge in [-0.15, -0.1) is 23.2 Å². The summed E-state index contributed by atoms with van der Waals surface area (Å²) in [5.74, 6) is 0.851. The SMILES string of the molecule is O=c1[nH]c2cc(CCl)ccc2n2nccc12.O=c1[nH]c2cc(CCl)ccc2n2nccc12. The van der Waals surface area contributed by atoms with Crippen molar-refractivity contribution in [2.45, 2.75) is 11.8 Å². The second-order valence-electron chi connectivity index (χ2n) is 7.14. The summed E-state index contributed by atoms with van der Waals surface area (Å²) >= 11 is 11.5. The molecule has 4 heterocycles. The van der Waals surface area contributed by atoms with Crippen molar-refractivity contribution in [3.8, 4) is 0 Å². The quantitative estimate of drug-likeness (QED) is 0.378. The highest BCUT2D eigenvalue weighted by Gasteiger charge is 2.06. The molecular formula is C22H16Cl2N6O2. The van der Waals surface area contributed by atoms with Gasteiger partial charge < -0.3 is 9.97 Å². The second-order valence-corrected chi connectivity index (χ2v) is 7.67. The van der Waals surface area contributed by atoms with Crippen LogP contribution in [-0.2, 0) is 11.8 Å². The minimum atomic E-state index is -0.142. The maximum absolute atomic E-state index is 11.7. The van der Waals surface area contributed by atoms with Crippen LogP contribution < -0.4 is 11.1 Å². The molecule has 160 valence electrons. The Labute approximate surface area is 190 Å². The van der Waals surface area contributed by atoms with Crippen molar-refractivity contribution in [2.24, 2.45) is 0 Å². The largest absolute Gasteiger partial charge is 0.319 e. The minimum Gasteiger partial charge on any atom is -0.319 e. The Balaban J connectivity index is 0.000000135. The number of rotatable bonds is 2. The van der Waals surface area contributed by atoms with Crippen molar-refractivity contribution in [3.05, 3.63) is 92.8 Å². The Morgan fingerprint density at radius 2 is 1.09 bits per heavy atom. The summed E-state index contributed by atoms with van der Waals surface area (Å²) in [6.07, 6.45) is 3.22. The van der Waals surface area contributed by atoms with Crippen molar-refractivity contribution in [2.75, 3.05) is 0 Å². The van der Waals surface area contributed by atoms with Crippen LogP contribution in [0.2, 0.25) is 0 Å². The normalized spacial score (nSPS) is 11.3. The van der Waals surface area contributed by atoms with Crippen LogP contribution in [0.1, 0.15) is 11.1 Å². The number of nitrogens with zero attached hydrogens (tertiary/aromatic N) is 4. The van der Waals surface area contributed by atoms with E-state index in [2.05, 4.69) is 20.2 Å². The summed E-state index contributed by atoms with van der Waals surface area (Å²) < 4.78 is 3.26. The molecule has 32 heavy (non-hydrogen) atoms. The monoisotopic (exact) mass is 466 g/mol. The van der Waals surface area contributed by atoms with Gasteiger partial charge in [-0.1, -0.05) is 12.1 Å². The van der Waals surface area contributed by atoms with Gasteiger partial charge in [0, 0.05) is 11.8 Å². The van der Waals surface area contributed by atoms with Gasteiger partial charge in [0.1, 0.15) is 11.0 Å². The average molecular weight is 467 g/mol. The molecule has 4 aromatic heterocycles. The molecule has 0 aliphatic rings. The predicted octanol–water partition coefficient (Wildman–Crippen LogP) is 3.83. The number of H-pyrrole nitrogens is 2. The van der Waals surface area contributed by atoms with E-state index >= 15 is 0 Å². The second kappa shape index (κ2) is 8.14. The molecule has 6 aromatic rings.